The van der Waals surface area contributed by atoms with Gasteiger partial charge in [-0.3, -0.25) is 0 Å². The second-order valence-corrected chi connectivity index (χ2v) is 5.24. The monoisotopic (exact) mass is 276 g/mol. The molecule has 0 saturated heterocycles. The quantitative estimate of drug-likeness (QED) is 0.785. The van der Waals surface area contributed by atoms with Gasteiger partial charge in [0.05, 0.1) is 6.10 Å². The van der Waals surface area contributed by atoms with E-state index in [0.29, 0.717) is 12.0 Å². The fourth-order valence-electron chi connectivity index (χ4n) is 1.63. The standard InChI is InChI=1S/C10H10BrFOS/c11-7-1-2-8(12)10-6(7)5-14-4-3-9(10)13/h1-2,9,13H,3-5H2/t9-/m0/s1. The van der Waals surface area contributed by atoms with E-state index in [1.54, 1.807) is 17.8 Å². The van der Waals surface area contributed by atoms with E-state index in [9.17, 15) is 9.50 Å². The zero-order chi connectivity index (χ0) is 10.1. The molecular weight excluding hydrogens is 267 g/mol. The highest BCUT2D eigenvalue weighted by Gasteiger charge is 2.22. The molecule has 0 unspecified atom stereocenters. The topological polar surface area (TPSA) is 20.2 Å². The molecule has 0 fully saturated rings. The molecule has 0 saturated carbocycles. The predicted octanol–water partition coefficient (Wildman–Crippen LogP) is 3.26. The van der Waals surface area contributed by atoms with E-state index in [1.165, 1.54) is 6.07 Å². The molecule has 14 heavy (non-hydrogen) atoms. The van der Waals surface area contributed by atoms with Gasteiger partial charge in [0.2, 0.25) is 0 Å². The molecule has 0 spiro atoms. The van der Waals surface area contributed by atoms with Crippen molar-refractivity contribution < 1.29 is 9.50 Å². The predicted molar refractivity (Wildman–Crippen MR) is 59.8 cm³/mol. The fraction of sp³-hybridized carbons (Fsp3) is 0.400. The van der Waals surface area contributed by atoms with Crippen LogP contribution in [0.5, 0.6) is 0 Å². The minimum absolute atomic E-state index is 0.293. The molecule has 1 aliphatic heterocycles. The first-order chi connectivity index (χ1) is 6.70. The fourth-order valence-corrected chi connectivity index (χ4v) is 3.35. The molecule has 76 valence electrons. The summed E-state index contributed by atoms with van der Waals surface area (Å²) >= 11 is 5.12. The van der Waals surface area contributed by atoms with Crippen molar-refractivity contribution in [2.24, 2.45) is 0 Å². The maximum atomic E-state index is 13.5. The highest BCUT2D eigenvalue weighted by atomic mass is 79.9. The SMILES string of the molecule is O[C@H]1CCSCc2c(Br)ccc(F)c21. The van der Waals surface area contributed by atoms with Gasteiger partial charge < -0.3 is 5.11 Å². The summed E-state index contributed by atoms with van der Waals surface area (Å²) in [4.78, 5) is 0. The Morgan fingerprint density at radius 2 is 2.29 bits per heavy atom. The number of aliphatic hydroxyl groups excluding tert-OH is 1. The number of rotatable bonds is 0. The van der Waals surface area contributed by atoms with E-state index in [0.717, 1.165) is 21.5 Å². The Balaban J connectivity index is 2.57. The summed E-state index contributed by atoms with van der Waals surface area (Å²) < 4.78 is 14.4. The van der Waals surface area contributed by atoms with E-state index in [-0.39, 0.29) is 5.82 Å². The molecule has 0 amide bonds. The van der Waals surface area contributed by atoms with Gasteiger partial charge in [-0.25, -0.2) is 4.39 Å². The molecular formula is C10H10BrFOS. The molecule has 1 atom stereocenters. The van der Waals surface area contributed by atoms with Crippen molar-refractivity contribution in [2.75, 3.05) is 5.75 Å². The highest BCUT2D eigenvalue weighted by Crippen LogP contribution is 2.36. The van der Waals surface area contributed by atoms with Crippen LogP contribution in [0, 0.1) is 5.82 Å². The summed E-state index contributed by atoms with van der Waals surface area (Å²) in [7, 11) is 0. The molecule has 0 radical (unpaired) electrons. The Morgan fingerprint density at radius 3 is 3.07 bits per heavy atom. The van der Waals surface area contributed by atoms with Crippen LogP contribution < -0.4 is 0 Å². The van der Waals surface area contributed by atoms with E-state index < -0.39 is 6.10 Å². The van der Waals surface area contributed by atoms with Crippen LogP contribution in [0.25, 0.3) is 0 Å². The van der Waals surface area contributed by atoms with Crippen molar-refractivity contribution in [3.8, 4) is 0 Å². The van der Waals surface area contributed by atoms with Crippen LogP contribution in [-0.4, -0.2) is 10.9 Å². The van der Waals surface area contributed by atoms with Gasteiger partial charge in [-0.2, -0.15) is 11.8 Å². The van der Waals surface area contributed by atoms with E-state index in [1.807, 2.05) is 0 Å². The van der Waals surface area contributed by atoms with E-state index >= 15 is 0 Å². The number of benzene rings is 1. The Hall–Kier alpha value is -0.0600. The number of aliphatic hydroxyl groups is 1. The van der Waals surface area contributed by atoms with Crippen LogP contribution in [0.1, 0.15) is 23.7 Å². The van der Waals surface area contributed by atoms with E-state index in [4.69, 9.17) is 0 Å². The number of halogens is 2. The molecule has 1 nitrogen and oxygen atoms in total. The lowest BCUT2D eigenvalue weighted by atomic mass is 10.0. The molecule has 0 aromatic heterocycles. The minimum Gasteiger partial charge on any atom is -0.388 e. The van der Waals surface area contributed by atoms with Crippen LogP contribution in [0.15, 0.2) is 16.6 Å². The van der Waals surface area contributed by atoms with Gasteiger partial charge in [-0.05, 0) is 29.9 Å². The maximum absolute atomic E-state index is 13.5. The van der Waals surface area contributed by atoms with Gasteiger partial charge >= 0.3 is 0 Å². The maximum Gasteiger partial charge on any atom is 0.129 e. The van der Waals surface area contributed by atoms with Crippen molar-refractivity contribution >= 4 is 27.7 Å². The average molecular weight is 277 g/mol. The van der Waals surface area contributed by atoms with Crippen molar-refractivity contribution in [1.82, 2.24) is 0 Å². The Bertz CT molecular complexity index is 356. The van der Waals surface area contributed by atoms with Gasteiger partial charge in [0, 0.05) is 15.8 Å². The minimum atomic E-state index is -0.655. The summed E-state index contributed by atoms with van der Waals surface area (Å²) in [6.07, 6.45) is -0.0251. The van der Waals surface area contributed by atoms with Gasteiger partial charge in [-0.15, -0.1) is 0 Å². The molecule has 1 N–H and O–H groups in total. The zero-order valence-electron chi connectivity index (χ0n) is 7.46. The third-order valence-electron chi connectivity index (χ3n) is 2.36. The van der Waals surface area contributed by atoms with Crippen molar-refractivity contribution in [3.63, 3.8) is 0 Å². The van der Waals surface area contributed by atoms with Gasteiger partial charge in [0.25, 0.3) is 0 Å². The Labute approximate surface area is 94.8 Å². The van der Waals surface area contributed by atoms with Crippen molar-refractivity contribution in [3.05, 3.63) is 33.5 Å². The highest BCUT2D eigenvalue weighted by molar-refractivity contribution is 9.10. The zero-order valence-corrected chi connectivity index (χ0v) is 9.87. The third-order valence-corrected chi connectivity index (χ3v) is 4.12. The van der Waals surface area contributed by atoms with E-state index in [2.05, 4.69) is 15.9 Å². The normalized spacial score (nSPS) is 21.5. The molecule has 1 aliphatic rings. The lowest BCUT2D eigenvalue weighted by molar-refractivity contribution is 0.170. The Kier molecular flexibility index (Phi) is 3.14. The van der Waals surface area contributed by atoms with Gasteiger partial charge in [0.1, 0.15) is 5.82 Å². The molecule has 1 aromatic rings. The molecule has 0 aliphatic carbocycles. The summed E-state index contributed by atoms with van der Waals surface area (Å²) in [6.45, 7) is 0. The summed E-state index contributed by atoms with van der Waals surface area (Å²) in [6, 6.07) is 3.11. The number of hydrogen-bond acceptors (Lipinski definition) is 2. The number of hydrogen-bond donors (Lipinski definition) is 1. The number of fused-ring (bicyclic) bond motifs is 1. The molecule has 2 rings (SSSR count). The number of thioether (sulfide) groups is 1. The van der Waals surface area contributed by atoms with Crippen LogP contribution in [-0.2, 0) is 5.75 Å². The first-order valence-electron chi connectivity index (χ1n) is 4.42. The first kappa shape index (κ1) is 10.5. The van der Waals surface area contributed by atoms with Crippen LogP contribution >= 0.6 is 27.7 Å². The van der Waals surface area contributed by atoms with Crippen LogP contribution in [0.3, 0.4) is 0 Å². The Morgan fingerprint density at radius 1 is 1.50 bits per heavy atom. The van der Waals surface area contributed by atoms with Crippen molar-refractivity contribution in [2.45, 2.75) is 18.3 Å². The lowest BCUT2D eigenvalue weighted by Crippen LogP contribution is -2.03. The van der Waals surface area contributed by atoms with Crippen molar-refractivity contribution in [1.29, 1.82) is 0 Å². The lowest BCUT2D eigenvalue weighted by Gasteiger charge is -2.13. The molecule has 4 heteroatoms. The summed E-state index contributed by atoms with van der Waals surface area (Å²) in [5, 5.41) is 9.77. The largest absolute Gasteiger partial charge is 0.388 e. The van der Waals surface area contributed by atoms with Crippen LogP contribution in [0.4, 0.5) is 4.39 Å². The van der Waals surface area contributed by atoms with Gasteiger partial charge in [-0.1, -0.05) is 15.9 Å². The second kappa shape index (κ2) is 4.21. The molecule has 1 aromatic carbocycles. The first-order valence-corrected chi connectivity index (χ1v) is 6.37. The molecule has 1 heterocycles. The van der Waals surface area contributed by atoms with Crippen LogP contribution in [0.2, 0.25) is 0 Å². The van der Waals surface area contributed by atoms with Gasteiger partial charge in [0.15, 0.2) is 0 Å². The second-order valence-electron chi connectivity index (χ2n) is 3.28. The average Bonchev–Trinajstić information content (AvgIpc) is 2.35. The summed E-state index contributed by atoms with van der Waals surface area (Å²) in [5.74, 6) is 1.35. The third kappa shape index (κ3) is 1.83. The smallest absolute Gasteiger partial charge is 0.129 e. The molecule has 0 bridgehead atoms. The summed E-state index contributed by atoms with van der Waals surface area (Å²) in [5.41, 5.74) is 1.38.